The first kappa shape index (κ1) is 18.7. The van der Waals surface area contributed by atoms with Gasteiger partial charge in [0, 0.05) is 49.7 Å². The molecule has 1 unspecified atom stereocenters. The predicted octanol–water partition coefficient (Wildman–Crippen LogP) is 3.00. The minimum Gasteiger partial charge on any atom is -0.367 e. The monoisotopic (exact) mass is 371 g/mol. The van der Waals surface area contributed by atoms with Crippen LogP contribution in [0.2, 0.25) is 0 Å². The summed E-state index contributed by atoms with van der Waals surface area (Å²) in [5.74, 6) is 0.889. The second-order valence-corrected chi connectivity index (χ2v) is 7.73. The molecule has 0 saturated heterocycles. The topological polar surface area (TPSA) is 52.6 Å². The fourth-order valence-electron chi connectivity index (χ4n) is 3.41. The molecule has 0 fully saturated rings. The third-order valence-corrected chi connectivity index (χ3v) is 5.46. The lowest BCUT2D eigenvalue weighted by Crippen LogP contribution is -2.43. The van der Waals surface area contributed by atoms with Crippen LogP contribution in [0.25, 0.3) is 0 Å². The van der Waals surface area contributed by atoms with Crippen LogP contribution < -0.4 is 15.5 Å². The number of hydrogen-bond donors (Lipinski definition) is 2. The molecule has 1 aromatic carbocycles. The van der Waals surface area contributed by atoms with Gasteiger partial charge in [-0.1, -0.05) is 18.2 Å². The van der Waals surface area contributed by atoms with Gasteiger partial charge in [-0.3, -0.25) is 4.99 Å². The first-order valence-corrected chi connectivity index (χ1v) is 10.3. The zero-order valence-electron chi connectivity index (χ0n) is 16.0. The minimum atomic E-state index is 0.557. The number of benzene rings is 1. The number of aromatic nitrogens is 1. The first-order chi connectivity index (χ1) is 12.7. The fourth-order valence-corrected chi connectivity index (χ4v) is 4.06. The van der Waals surface area contributed by atoms with Crippen LogP contribution in [0.5, 0.6) is 0 Å². The summed E-state index contributed by atoms with van der Waals surface area (Å²) in [6.07, 6.45) is 2.02. The zero-order valence-corrected chi connectivity index (χ0v) is 16.8. The van der Waals surface area contributed by atoms with E-state index in [1.54, 1.807) is 11.3 Å². The van der Waals surface area contributed by atoms with Gasteiger partial charge in [-0.15, -0.1) is 11.3 Å². The van der Waals surface area contributed by atoms with E-state index < -0.39 is 0 Å². The van der Waals surface area contributed by atoms with E-state index in [0.29, 0.717) is 6.04 Å². The summed E-state index contributed by atoms with van der Waals surface area (Å²) in [4.78, 5) is 11.7. The predicted molar refractivity (Wildman–Crippen MR) is 111 cm³/mol. The number of aliphatic imine (C=N–C) groups is 1. The molecule has 2 heterocycles. The summed E-state index contributed by atoms with van der Waals surface area (Å²) in [7, 11) is 0. The molecule has 2 aromatic rings. The van der Waals surface area contributed by atoms with Crippen LogP contribution in [0.3, 0.4) is 0 Å². The highest BCUT2D eigenvalue weighted by molar-refractivity contribution is 7.09. The van der Waals surface area contributed by atoms with E-state index >= 15 is 0 Å². The fraction of sp³-hybridized carbons (Fsp3) is 0.500. The molecule has 26 heavy (non-hydrogen) atoms. The number of anilines is 1. The van der Waals surface area contributed by atoms with E-state index in [1.165, 1.54) is 11.3 Å². The highest BCUT2D eigenvalue weighted by Gasteiger charge is 2.24. The molecule has 1 aliphatic heterocycles. The molecule has 0 amide bonds. The third kappa shape index (κ3) is 4.75. The molecule has 0 saturated carbocycles. The van der Waals surface area contributed by atoms with Crippen LogP contribution in [-0.2, 0) is 12.8 Å². The van der Waals surface area contributed by atoms with Crippen molar-refractivity contribution in [3.63, 3.8) is 0 Å². The van der Waals surface area contributed by atoms with Crippen LogP contribution in [0.15, 0.2) is 34.6 Å². The minimum absolute atomic E-state index is 0.557. The average molecular weight is 372 g/mol. The molecule has 3 rings (SSSR count). The number of guanidine groups is 1. The van der Waals surface area contributed by atoms with Crippen LogP contribution in [0.1, 0.15) is 30.1 Å². The Balaban J connectivity index is 1.50. The van der Waals surface area contributed by atoms with Crippen molar-refractivity contribution in [2.24, 2.45) is 4.99 Å². The maximum atomic E-state index is 4.69. The van der Waals surface area contributed by atoms with Gasteiger partial charge in [0.05, 0.1) is 10.7 Å². The average Bonchev–Trinajstić information content (AvgIpc) is 3.18. The number of nitrogens with one attached hydrogen (secondary N) is 2. The molecule has 2 N–H and O–H groups in total. The van der Waals surface area contributed by atoms with E-state index in [-0.39, 0.29) is 0 Å². The normalized spacial score (nSPS) is 16.7. The van der Waals surface area contributed by atoms with Crippen molar-refractivity contribution in [1.29, 1.82) is 0 Å². The van der Waals surface area contributed by atoms with Crippen LogP contribution in [-0.4, -0.2) is 43.2 Å². The number of nitrogens with zero attached hydrogens (tertiary/aromatic N) is 3. The molecular weight excluding hydrogens is 342 g/mol. The number of para-hydroxylation sites is 1. The molecule has 0 spiro atoms. The van der Waals surface area contributed by atoms with Crippen molar-refractivity contribution in [2.75, 3.05) is 31.1 Å². The molecule has 5 nitrogen and oxygen atoms in total. The highest BCUT2D eigenvalue weighted by atomic mass is 32.1. The molecular formula is C20H29N5S. The molecule has 6 heteroatoms. The van der Waals surface area contributed by atoms with Gasteiger partial charge in [-0.25, -0.2) is 4.98 Å². The second-order valence-electron chi connectivity index (χ2n) is 6.67. The maximum absolute atomic E-state index is 4.69. The molecule has 0 radical (unpaired) electrons. The molecule has 1 aliphatic rings. The summed E-state index contributed by atoms with van der Waals surface area (Å²) < 4.78 is 0. The van der Waals surface area contributed by atoms with Gasteiger partial charge in [-0.2, -0.15) is 0 Å². The van der Waals surface area contributed by atoms with Gasteiger partial charge in [0.15, 0.2) is 5.96 Å². The van der Waals surface area contributed by atoms with E-state index in [2.05, 4.69) is 69.0 Å². The van der Waals surface area contributed by atoms with E-state index in [0.717, 1.165) is 55.7 Å². The van der Waals surface area contributed by atoms with E-state index in [1.807, 2.05) is 6.92 Å². The Morgan fingerprint density at radius 3 is 2.96 bits per heavy atom. The van der Waals surface area contributed by atoms with E-state index in [4.69, 9.17) is 0 Å². The third-order valence-electron chi connectivity index (χ3n) is 4.64. The van der Waals surface area contributed by atoms with Crippen LogP contribution >= 0.6 is 11.3 Å². The van der Waals surface area contributed by atoms with Gasteiger partial charge in [0.1, 0.15) is 0 Å². The Morgan fingerprint density at radius 1 is 1.35 bits per heavy atom. The number of aryl methyl sites for hydroxylation is 1. The molecule has 0 aliphatic carbocycles. The van der Waals surface area contributed by atoms with Crippen molar-refractivity contribution in [3.8, 4) is 0 Å². The Morgan fingerprint density at radius 2 is 2.19 bits per heavy atom. The zero-order chi connectivity index (χ0) is 18.4. The molecule has 140 valence electrons. The Labute approximate surface area is 160 Å². The van der Waals surface area contributed by atoms with Gasteiger partial charge in [0.2, 0.25) is 0 Å². The van der Waals surface area contributed by atoms with Gasteiger partial charge in [0.25, 0.3) is 0 Å². The Bertz CT molecular complexity index is 739. The number of hydrogen-bond acceptors (Lipinski definition) is 4. The number of fused-ring (bicyclic) bond motifs is 1. The molecule has 1 atom stereocenters. The molecule has 1 aromatic heterocycles. The van der Waals surface area contributed by atoms with Crippen LogP contribution in [0, 0.1) is 6.92 Å². The Hall–Kier alpha value is -2.08. The quantitative estimate of drug-likeness (QED) is 0.580. The molecule has 0 bridgehead atoms. The van der Waals surface area contributed by atoms with Gasteiger partial charge < -0.3 is 15.5 Å². The standard InChI is InChI=1S/C20H29N5S/c1-4-21-20(22-10-9-18-14-26-16(3)24-18)23-11-12-25-15(2)13-17-7-5-6-8-19(17)25/h5-8,14-15H,4,9-13H2,1-3H3,(H2,21,22,23). The number of rotatable bonds is 7. The van der Waals surface area contributed by atoms with Crippen molar-refractivity contribution in [1.82, 2.24) is 15.6 Å². The smallest absolute Gasteiger partial charge is 0.191 e. The summed E-state index contributed by atoms with van der Waals surface area (Å²) in [5, 5.41) is 10.0. The van der Waals surface area contributed by atoms with Crippen LogP contribution in [0.4, 0.5) is 5.69 Å². The lowest BCUT2D eigenvalue weighted by Gasteiger charge is -2.25. The van der Waals surface area contributed by atoms with Crippen molar-refractivity contribution >= 4 is 23.0 Å². The van der Waals surface area contributed by atoms with Gasteiger partial charge >= 0.3 is 0 Å². The van der Waals surface area contributed by atoms with Crippen molar-refractivity contribution in [2.45, 2.75) is 39.7 Å². The lowest BCUT2D eigenvalue weighted by molar-refractivity contribution is 0.656. The van der Waals surface area contributed by atoms with Gasteiger partial charge in [-0.05, 0) is 38.8 Å². The number of thiazole rings is 1. The second kappa shape index (κ2) is 9.03. The summed E-state index contributed by atoms with van der Waals surface area (Å²) in [6, 6.07) is 9.29. The summed E-state index contributed by atoms with van der Waals surface area (Å²) in [5.41, 5.74) is 3.97. The van der Waals surface area contributed by atoms with Crippen molar-refractivity contribution < 1.29 is 0 Å². The first-order valence-electron chi connectivity index (χ1n) is 9.45. The largest absolute Gasteiger partial charge is 0.367 e. The Kier molecular flexibility index (Phi) is 6.50. The SMILES string of the molecule is CCNC(=NCCc1csc(C)n1)NCCN1c2ccccc2CC1C. The maximum Gasteiger partial charge on any atom is 0.191 e. The lowest BCUT2D eigenvalue weighted by atomic mass is 10.1. The van der Waals surface area contributed by atoms with Crippen molar-refractivity contribution in [3.05, 3.63) is 45.9 Å². The highest BCUT2D eigenvalue weighted by Crippen LogP contribution is 2.31. The summed E-state index contributed by atoms with van der Waals surface area (Å²) >= 11 is 1.70. The summed E-state index contributed by atoms with van der Waals surface area (Å²) in [6.45, 7) is 9.91. The van der Waals surface area contributed by atoms with E-state index in [9.17, 15) is 0 Å².